The molecule has 0 aliphatic heterocycles. The van der Waals surface area contributed by atoms with Crippen molar-refractivity contribution in [3.8, 4) is 22.8 Å². The molecule has 0 aliphatic carbocycles. The van der Waals surface area contributed by atoms with Gasteiger partial charge in [-0.15, -0.1) is 0 Å². The van der Waals surface area contributed by atoms with Crippen LogP contribution < -0.4 is 9.47 Å². The van der Waals surface area contributed by atoms with E-state index in [9.17, 15) is 9.18 Å². The number of methoxy groups -OCH3 is 1. The highest BCUT2D eigenvalue weighted by molar-refractivity contribution is 5.94. The van der Waals surface area contributed by atoms with Crippen LogP contribution in [0.4, 0.5) is 4.39 Å². The number of fused-ring (bicyclic) bond motifs is 1. The van der Waals surface area contributed by atoms with Gasteiger partial charge in [-0.1, -0.05) is 54.9 Å². The number of rotatable bonds is 12. The van der Waals surface area contributed by atoms with Gasteiger partial charge in [0.2, 0.25) is 0 Å². The lowest BCUT2D eigenvalue weighted by Crippen LogP contribution is -2.06. The van der Waals surface area contributed by atoms with E-state index in [0.29, 0.717) is 25.2 Å². The molecule has 188 valence electrons. The maximum atomic E-state index is 14.2. The van der Waals surface area contributed by atoms with E-state index in [4.69, 9.17) is 14.0 Å². The summed E-state index contributed by atoms with van der Waals surface area (Å²) in [7, 11) is 1.30. The molecule has 0 fully saturated rings. The molecule has 0 aliphatic rings. The molecule has 0 bridgehead atoms. The predicted molar refractivity (Wildman–Crippen MR) is 136 cm³/mol. The third-order valence-corrected chi connectivity index (χ3v) is 5.87. The van der Waals surface area contributed by atoms with Crippen molar-refractivity contribution in [2.24, 2.45) is 0 Å². The first-order chi connectivity index (χ1) is 17.6. The van der Waals surface area contributed by atoms with Crippen molar-refractivity contribution in [3.05, 3.63) is 77.6 Å². The topological polar surface area (TPSA) is 70.8 Å². The minimum absolute atomic E-state index is 0.0263. The van der Waals surface area contributed by atoms with Crippen molar-refractivity contribution in [3.63, 3.8) is 0 Å². The predicted octanol–water partition coefficient (Wildman–Crippen LogP) is 6.54. The Morgan fingerprint density at radius 1 is 0.972 bits per heavy atom. The fourth-order valence-electron chi connectivity index (χ4n) is 4.05. The SMILES string of the molecule is CCCc1c(OCCCCOc2ccc(CC(=O)OC)cc2F)ccc2c(-c3ccccc3)noc12. The first kappa shape index (κ1) is 25.2. The zero-order valence-corrected chi connectivity index (χ0v) is 20.6. The number of unbranched alkanes of at least 4 members (excludes halogenated alkanes) is 1. The molecule has 0 atom stereocenters. The Hall–Kier alpha value is -3.87. The first-order valence-corrected chi connectivity index (χ1v) is 12.2. The van der Waals surface area contributed by atoms with Gasteiger partial charge in [0.15, 0.2) is 17.1 Å². The number of carbonyl (C=O) groups excluding carboxylic acids is 1. The number of esters is 1. The molecule has 6 nitrogen and oxygen atoms in total. The number of ether oxygens (including phenoxy) is 3. The lowest BCUT2D eigenvalue weighted by Gasteiger charge is -2.12. The second-order valence-electron chi connectivity index (χ2n) is 8.49. The molecular formula is C29H30FNO5. The zero-order chi connectivity index (χ0) is 25.3. The van der Waals surface area contributed by atoms with Gasteiger partial charge in [0, 0.05) is 11.1 Å². The minimum Gasteiger partial charge on any atom is -0.493 e. The minimum atomic E-state index is -0.493. The Kier molecular flexibility index (Phi) is 8.55. The van der Waals surface area contributed by atoms with Gasteiger partial charge in [-0.05, 0) is 49.1 Å². The highest BCUT2D eigenvalue weighted by Gasteiger charge is 2.17. The smallest absolute Gasteiger partial charge is 0.309 e. The van der Waals surface area contributed by atoms with Crippen molar-refractivity contribution >= 4 is 16.9 Å². The summed E-state index contributed by atoms with van der Waals surface area (Å²) in [6, 6.07) is 18.5. The molecule has 1 aromatic heterocycles. The van der Waals surface area contributed by atoms with Crippen LogP contribution in [-0.2, 0) is 22.4 Å². The number of nitrogens with zero attached hydrogens (tertiary/aromatic N) is 1. The summed E-state index contributed by atoms with van der Waals surface area (Å²) in [5, 5.41) is 5.31. The maximum absolute atomic E-state index is 14.2. The van der Waals surface area contributed by atoms with Crippen LogP contribution in [0.2, 0.25) is 0 Å². The van der Waals surface area contributed by atoms with Crippen LogP contribution in [-0.4, -0.2) is 31.4 Å². The molecule has 0 N–H and O–H groups in total. The van der Waals surface area contributed by atoms with E-state index in [2.05, 4.69) is 16.8 Å². The van der Waals surface area contributed by atoms with Crippen LogP contribution >= 0.6 is 0 Å². The van der Waals surface area contributed by atoms with Gasteiger partial charge in [-0.3, -0.25) is 4.79 Å². The molecular weight excluding hydrogens is 461 g/mol. The van der Waals surface area contributed by atoms with E-state index < -0.39 is 11.8 Å². The second-order valence-corrected chi connectivity index (χ2v) is 8.49. The molecule has 0 spiro atoms. The van der Waals surface area contributed by atoms with Crippen molar-refractivity contribution in [1.82, 2.24) is 5.16 Å². The number of aromatic nitrogens is 1. The fourth-order valence-corrected chi connectivity index (χ4v) is 4.05. The number of benzene rings is 3. The zero-order valence-electron chi connectivity index (χ0n) is 20.6. The molecule has 4 rings (SSSR count). The number of halogens is 1. The molecule has 0 amide bonds. The van der Waals surface area contributed by atoms with Crippen LogP contribution in [0.5, 0.6) is 11.5 Å². The van der Waals surface area contributed by atoms with Gasteiger partial charge >= 0.3 is 5.97 Å². The van der Waals surface area contributed by atoms with Gasteiger partial charge in [0.05, 0.1) is 32.1 Å². The number of aryl methyl sites for hydroxylation is 1. The highest BCUT2D eigenvalue weighted by Crippen LogP contribution is 2.35. The molecule has 36 heavy (non-hydrogen) atoms. The van der Waals surface area contributed by atoms with Crippen LogP contribution in [0.1, 0.15) is 37.3 Å². The summed E-state index contributed by atoms with van der Waals surface area (Å²) < 4.78 is 36.3. The summed E-state index contributed by atoms with van der Waals surface area (Å²) in [5.41, 5.74) is 4.18. The summed E-state index contributed by atoms with van der Waals surface area (Å²) in [4.78, 5) is 11.3. The van der Waals surface area contributed by atoms with Crippen molar-refractivity contribution < 1.29 is 27.9 Å². The van der Waals surface area contributed by atoms with Crippen molar-refractivity contribution in [2.45, 2.75) is 39.0 Å². The van der Waals surface area contributed by atoms with Crippen LogP contribution in [0.3, 0.4) is 0 Å². The van der Waals surface area contributed by atoms with Gasteiger partial charge in [-0.2, -0.15) is 0 Å². The molecule has 3 aromatic carbocycles. The van der Waals surface area contributed by atoms with E-state index in [1.807, 2.05) is 42.5 Å². The average Bonchev–Trinajstić information content (AvgIpc) is 3.33. The standard InChI is InChI=1S/C29H30FNO5/c1-3-9-22-25(15-13-23-28(31-36-29(22)23)21-10-5-4-6-11-21)34-16-7-8-17-35-26-14-12-20(18-24(26)30)19-27(32)33-2/h4-6,10-15,18H,3,7-9,16-17,19H2,1-2H3. The molecule has 0 radical (unpaired) electrons. The third kappa shape index (κ3) is 6.03. The van der Waals surface area contributed by atoms with Crippen LogP contribution in [0.15, 0.2) is 65.2 Å². The van der Waals surface area contributed by atoms with Gasteiger partial charge < -0.3 is 18.7 Å². The average molecular weight is 492 g/mol. The summed E-state index contributed by atoms with van der Waals surface area (Å²) >= 11 is 0. The maximum Gasteiger partial charge on any atom is 0.309 e. The van der Waals surface area contributed by atoms with Crippen molar-refractivity contribution in [1.29, 1.82) is 0 Å². The van der Waals surface area contributed by atoms with E-state index >= 15 is 0 Å². The van der Waals surface area contributed by atoms with E-state index in [-0.39, 0.29) is 12.2 Å². The van der Waals surface area contributed by atoms with Gasteiger partial charge in [-0.25, -0.2) is 4.39 Å². The van der Waals surface area contributed by atoms with Crippen LogP contribution in [0.25, 0.3) is 22.2 Å². The number of hydrogen-bond donors (Lipinski definition) is 0. The number of hydrogen-bond acceptors (Lipinski definition) is 6. The van der Waals surface area contributed by atoms with Gasteiger partial charge in [0.1, 0.15) is 11.4 Å². The van der Waals surface area contributed by atoms with Crippen LogP contribution in [0, 0.1) is 5.82 Å². The lowest BCUT2D eigenvalue weighted by molar-refractivity contribution is -0.139. The molecule has 1 heterocycles. The largest absolute Gasteiger partial charge is 0.493 e. The third-order valence-electron chi connectivity index (χ3n) is 5.87. The quantitative estimate of drug-likeness (QED) is 0.166. The molecule has 0 saturated heterocycles. The summed E-state index contributed by atoms with van der Waals surface area (Å²) in [5.74, 6) is 0.0596. The Morgan fingerprint density at radius 2 is 1.69 bits per heavy atom. The normalized spacial score (nSPS) is 11.0. The fraction of sp³-hybridized carbons (Fsp3) is 0.310. The van der Waals surface area contributed by atoms with E-state index in [1.165, 1.54) is 19.2 Å². The Balaban J connectivity index is 1.31. The first-order valence-electron chi connectivity index (χ1n) is 12.2. The summed E-state index contributed by atoms with van der Waals surface area (Å²) in [6.45, 7) is 2.99. The van der Waals surface area contributed by atoms with E-state index in [0.717, 1.165) is 52.8 Å². The Morgan fingerprint density at radius 3 is 2.39 bits per heavy atom. The van der Waals surface area contributed by atoms with E-state index in [1.54, 1.807) is 6.07 Å². The molecule has 4 aromatic rings. The summed E-state index contributed by atoms with van der Waals surface area (Å²) in [6.07, 6.45) is 3.25. The second kappa shape index (κ2) is 12.2. The number of carbonyl (C=O) groups is 1. The lowest BCUT2D eigenvalue weighted by atomic mass is 10.0. The van der Waals surface area contributed by atoms with Crippen molar-refractivity contribution in [2.75, 3.05) is 20.3 Å². The Labute approximate surface area is 210 Å². The van der Waals surface area contributed by atoms with Gasteiger partial charge in [0.25, 0.3) is 0 Å². The molecule has 0 unspecified atom stereocenters. The Bertz CT molecular complexity index is 1300. The monoisotopic (exact) mass is 491 g/mol. The molecule has 0 saturated carbocycles. The highest BCUT2D eigenvalue weighted by atomic mass is 19.1. The molecule has 7 heteroatoms.